The Balaban J connectivity index is 2.02. The average Bonchev–Trinajstić information content (AvgIpc) is 3.03. The van der Waals surface area contributed by atoms with Gasteiger partial charge in [0.15, 0.2) is 0 Å². The first-order valence-corrected chi connectivity index (χ1v) is 8.49. The Kier molecular flexibility index (Phi) is 6.32. The van der Waals surface area contributed by atoms with Gasteiger partial charge < -0.3 is 15.5 Å². The maximum Gasteiger partial charge on any atom is 0.471 e. The molecule has 2 unspecified atom stereocenters. The number of halogens is 3. The topological polar surface area (TPSA) is 69.6 Å². The standard InChI is InChI=1S/C19H22F3NO3/c1-13(12-23-17(25)19(20,21)22)16(24)15-6-4-5-14(11-15)7-10-18(26)8-2-3-9-18/h4-6,11,13,16,24,26H,2-3,8-9,12H2,1H3,(H,23,25). The maximum atomic E-state index is 12.2. The van der Waals surface area contributed by atoms with Crippen LogP contribution >= 0.6 is 0 Å². The van der Waals surface area contributed by atoms with Crippen LogP contribution in [0.25, 0.3) is 0 Å². The van der Waals surface area contributed by atoms with Gasteiger partial charge in [0.2, 0.25) is 0 Å². The van der Waals surface area contributed by atoms with E-state index >= 15 is 0 Å². The van der Waals surface area contributed by atoms with Crippen molar-refractivity contribution in [3.05, 3.63) is 35.4 Å². The SMILES string of the molecule is CC(CNC(=O)C(F)(F)F)C(O)c1cccc(C#CC2(O)CCCC2)c1. The van der Waals surface area contributed by atoms with Crippen molar-refractivity contribution in [1.29, 1.82) is 0 Å². The van der Waals surface area contributed by atoms with E-state index in [9.17, 15) is 28.2 Å². The van der Waals surface area contributed by atoms with Crippen molar-refractivity contribution in [2.75, 3.05) is 6.54 Å². The molecule has 3 N–H and O–H groups in total. The van der Waals surface area contributed by atoms with E-state index in [-0.39, 0.29) is 6.54 Å². The van der Waals surface area contributed by atoms with Crippen LogP contribution in [0.3, 0.4) is 0 Å². The molecule has 1 amide bonds. The summed E-state index contributed by atoms with van der Waals surface area (Å²) >= 11 is 0. The largest absolute Gasteiger partial charge is 0.471 e. The Morgan fingerprint density at radius 3 is 2.62 bits per heavy atom. The molecule has 4 nitrogen and oxygen atoms in total. The molecule has 7 heteroatoms. The molecule has 0 saturated heterocycles. The van der Waals surface area contributed by atoms with Crippen molar-refractivity contribution >= 4 is 5.91 Å². The van der Waals surface area contributed by atoms with Crippen molar-refractivity contribution in [3.8, 4) is 11.8 Å². The molecular weight excluding hydrogens is 347 g/mol. The molecule has 0 aliphatic heterocycles. The second-order valence-electron chi connectivity index (χ2n) is 6.74. The Labute approximate surface area is 150 Å². The summed E-state index contributed by atoms with van der Waals surface area (Å²) in [6.45, 7) is 1.23. The smallest absolute Gasteiger partial charge is 0.388 e. The van der Waals surface area contributed by atoms with Crippen LogP contribution in [0.4, 0.5) is 13.2 Å². The lowest BCUT2D eigenvalue weighted by Gasteiger charge is -2.20. The highest BCUT2D eigenvalue weighted by atomic mass is 19.4. The molecule has 0 bridgehead atoms. The molecule has 0 radical (unpaired) electrons. The lowest BCUT2D eigenvalue weighted by atomic mass is 9.95. The number of benzene rings is 1. The fraction of sp³-hybridized carbons (Fsp3) is 0.526. The van der Waals surface area contributed by atoms with E-state index in [0.29, 0.717) is 24.0 Å². The number of aliphatic hydroxyl groups excluding tert-OH is 1. The van der Waals surface area contributed by atoms with Crippen LogP contribution in [0, 0.1) is 17.8 Å². The van der Waals surface area contributed by atoms with Gasteiger partial charge in [0.05, 0.1) is 6.10 Å². The van der Waals surface area contributed by atoms with Gasteiger partial charge in [-0.25, -0.2) is 0 Å². The van der Waals surface area contributed by atoms with Gasteiger partial charge in [-0.05, 0) is 43.4 Å². The van der Waals surface area contributed by atoms with Crippen molar-refractivity contribution in [3.63, 3.8) is 0 Å². The molecule has 26 heavy (non-hydrogen) atoms. The minimum atomic E-state index is -4.94. The van der Waals surface area contributed by atoms with Crippen LogP contribution in [-0.2, 0) is 4.79 Å². The zero-order valence-corrected chi connectivity index (χ0v) is 14.4. The molecule has 1 fully saturated rings. The van der Waals surface area contributed by atoms with Crippen molar-refractivity contribution in [2.45, 2.75) is 50.5 Å². The molecule has 0 heterocycles. The molecular formula is C19H22F3NO3. The van der Waals surface area contributed by atoms with E-state index in [1.54, 1.807) is 36.5 Å². The molecule has 0 aromatic heterocycles. The van der Waals surface area contributed by atoms with Gasteiger partial charge in [-0.1, -0.05) is 30.9 Å². The minimum absolute atomic E-state index is 0.310. The summed E-state index contributed by atoms with van der Waals surface area (Å²) in [7, 11) is 0. The van der Waals surface area contributed by atoms with Gasteiger partial charge in [-0.3, -0.25) is 4.79 Å². The molecule has 1 aliphatic rings. The van der Waals surface area contributed by atoms with Crippen molar-refractivity contribution < 1.29 is 28.2 Å². The van der Waals surface area contributed by atoms with Crippen LogP contribution in [0.5, 0.6) is 0 Å². The van der Waals surface area contributed by atoms with E-state index < -0.39 is 29.7 Å². The normalized spacial score (nSPS) is 18.5. The first-order valence-electron chi connectivity index (χ1n) is 8.49. The molecule has 1 aromatic rings. The zero-order chi connectivity index (χ0) is 19.4. The Morgan fingerprint density at radius 2 is 2.00 bits per heavy atom. The number of amides is 1. The average molecular weight is 369 g/mol. The number of rotatable bonds is 4. The summed E-state index contributed by atoms with van der Waals surface area (Å²) in [5.41, 5.74) is 0.126. The second kappa shape index (κ2) is 8.11. The van der Waals surface area contributed by atoms with E-state index in [1.807, 2.05) is 0 Å². The predicted molar refractivity (Wildman–Crippen MR) is 89.9 cm³/mol. The van der Waals surface area contributed by atoms with E-state index in [2.05, 4.69) is 11.8 Å². The Hall–Kier alpha value is -2.04. The van der Waals surface area contributed by atoms with Gasteiger partial charge in [0.25, 0.3) is 0 Å². The van der Waals surface area contributed by atoms with Crippen LogP contribution in [0.15, 0.2) is 24.3 Å². The summed E-state index contributed by atoms with van der Waals surface area (Å²) < 4.78 is 36.6. The fourth-order valence-electron chi connectivity index (χ4n) is 2.87. The number of carbonyl (C=O) groups excluding carboxylic acids is 1. The van der Waals surface area contributed by atoms with E-state index in [4.69, 9.17) is 0 Å². The van der Waals surface area contributed by atoms with Crippen molar-refractivity contribution in [1.82, 2.24) is 5.32 Å². The minimum Gasteiger partial charge on any atom is -0.388 e. The highest BCUT2D eigenvalue weighted by Crippen LogP contribution is 2.29. The third-order valence-electron chi connectivity index (χ3n) is 4.48. The summed E-state index contributed by atoms with van der Waals surface area (Å²) in [5.74, 6) is 3.12. The quantitative estimate of drug-likeness (QED) is 0.715. The Morgan fingerprint density at radius 1 is 1.35 bits per heavy atom. The lowest BCUT2D eigenvalue weighted by molar-refractivity contribution is -0.173. The summed E-state index contributed by atoms with van der Waals surface area (Å²) in [4.78, 5) is 10.9. The molecule has 142 valence electrons. The lowest BCUT2D eigenvalue weighted by Crippen LogP contribution is -2.39. The number of nitrogens with one attached hydrogen (secondary N) is 1. The second-order valence-corrected chi connectivity index (χ2v) is 6.74. The number of alkyl halides is 3. The van der Waals surface area contributed by atoms with E-state index in [1.165, 1.54) is 0 Å². The summed E-state index contributed by atoms with van der Waals surface area (Å²) in [6, 6.07) is 6.69. The molecule has 2 atom stereocenters. The molecule has 1 saturated carbocycles. The van der Waals surface area contributed by atoms with Crippen LogP contribution in [-0.4, -0.2) is 34.4 Å². The van der Waals surface area contributed by atoms with Gasteiger partial charge in [-0.2, -0.15) is 13.2 Å². The van der Waals surface area contributed by atoms with Crippen LogP contribution < -0.4 is 5.32 Å². The number of aliphatic hydroxyl groups is 2. The fourth-order valence-corrected chi connectivity index (χ4v) is 2.87. The van der Waals surface area contributed by atoms with Gasteiger partial charge >= 0.3 is 12.1 Å². The Bertz CT molecular complexity index is 700. The molecule has 1 aromatic carbocycles. The van der Waals surface area contributed by atoms with Crippen LogP contribution in [0.2, 0.25) is 0 Å². The first kappa shape index (κ1) is 20.3. The predicted octanol–water partition coefficient (Wildman–Crippen LogP) is 2.69. The van der Waals surface area contributed by atoms with E-state index in [0.717, 1.165) is 12.8 Å². The summed E-state index contributed by atoms with van der Waals surface area (Å²) in [5, 5.41) is 22.4. The van der Waals surface area contributed by atoms with Crippen molar-refractivity contribution in [2.24, 2.45) is 5.92 Å². The third kappa shape index (κ3) is 5.48. The van der Waals surface area contributed by atoms with Gasteiger partial charge in [0.1, 0.15) is 5.60 Å². The third-order valence-corrected chi connectivity index (χ3v) is 4.48. The first-order chi connectivity index (χ1) is 12.1. The zero-order valence-electron chi connectivity index (χ0n) is 14.4. The molecule has 2 rings (SSSR count). The molecule has 1 aliphatic carbocycles. The van der Waals surface area contributed by atoms with Crippen LogP contribution in [0.1, 0.15) is 49.8 Å². The number of hydrogen-bond acceptors (Lipinski definition) is 3. The highest BCUT2D eigenvalue weighted by Gasteiger charge is 2.38. The maximum absolute atomic E-state index is 12.2. The number of carbonyl (C=O) groups is 1. The highest BCUT2D eigenvalue weighted by molar-refractivity contribution is 5.81. The monoisotopic (exact) mass is 369 g/mol. The van der Waals surface area contributed by atoms with Gasteiger partial charge in [-0.15, -0.1) is 0 Å². The molecule has 0 spiro atoms. The summed E-state index contributed by atoms with van der Waals surface area (Å²) in [6.07, 6.45) is -2.85. The number of hydrogen-bond donors (Lipinski definition) is 3. The van der Waals surface area contributed by atoms with Gasteiger partial charge in [0, 0.05) is 18.0 Å².